The summed E-state index contributed by atoms with van der Waals surface area (Å²) in [7, 11) is 0. The molecular weight excluding hydrogens is 720 g/mol. The molecule has 2 fully saturated rings. The number of hydrogen-bond acceptors (Lipinski definition) is 13. The van der Waals surface area contributed by atoms with E-state index in [2.05, 4.69) is 40.5 Å². The molecule has 6 heterocycles. The van der Waals surface area contributed by atoms with Gasteiger partial charge in [0.2, 0.25) is 0 Å². The maximum absolute atomic E-state index is 14.5. The van der Waals surface area contributed by atoms with Crippen molar-refractivity contribution in [2.45, 2.75) is 70.0 Å². The highest BCUT2D eigenvalue weighted by Gasteiger charge is 2.46. The fourth-order valence-electron chi connectivity index (χ4n) is 6.19. The summed E-state index contributed by atoms with van der Waals surface area (Å²) < 4.78 is 42.9. The number of nitrogens with two attached hydrogens (primary N) is 1. The van der Waals surface area contributed by atoms with Gasteiger partial charge in [0.1, 0.15) is 31.0 Å². The van der Waals surface area contributed by atoms with Crippen LogP contribution in [0.25, 0.3) is 22.3 Å². The molecule has 0 unspecified atom stereocenters. The molecule has 0 radical (unpaired) electrons. The van der Waals surface area contributed by atoms with E-state index in [1.807, 2.05) is 13.0 Å². The molecular formula is C36H39F2N11O6. The van der Waals surface area contributed by atoms with E-state index in [0.717, 1.165) is 0 Å². The van der Waals surface area contributed by atoms with Gasteiger partial charge in [-0.25, -0.2) is 38.7 Å². The van der Waals surface area contributed by atoms with Gasteiger partial charge in [-0.1, -0.05) is 50.7 Å². The third kappa shape index (κ3) is 7.60. The number of aromatic nitrogens is 8. The average molecular weight is 760 g/mol. The minimum Gasteiger partial charge on any atom is -0.387 e. The first-order valence-electron chi connectivity index (χ1n) is 16.9. The van der Waals surface area contributed by atoms with Gasteiger partial charge >= 0.3 is 0 Å². The number of alkyl halides is 2. The number of imidazole rings is 2. The van der Waals surface area contributed by atoms with Crippen molar-refractivity contribution in [1.82, 2.24) is 39.0 Å². The molecule has 8 rings (SSSR count). The predicted octanol–water partition coefficient (Wildman–Crippen LogP) is 3.35. The number of halogens is 2. The molecule has 55 heavy (non-hydrogen) atoms. The average Bonchev–Trinajstić information content (AvgIpc) is 3.97. The number of aliphatic hydroxyl groups is 2. The van der Waals surface area contributed by atoms with Crippen LogP contribution in [0.5, 0.6) is 0 Å². The lowest BCUT2D eigenvalue weighted by molar-refractivity contribution is -0.0238. The number of nitrogens with one attached hydrogen (secondary N) is 2. The molecule has 2 aliphatic rings. The molecule has 0 aliphatic carbocycles. The fourth-order valence-corrected chi connectivity index (χ4v) is 6.19. The minimum atomic E-state index is -1.69. The lowest BCUT2D eigenvalue weighted by Gasteiger charge is -2.15. The lowest BCUT2D eigenvalue weighted by atomic mass is 10.1. The summed E-state index contributed by atoms with van der Waals surface area (Å²) in [5, 5.41) is 25.2. The van der Waals surface area contributed by atoms with Gasteiger partial charge in [-0.3, -0.25) is 18.7 Å². The molecule has 8 atom stereocenters. The lowest BCUT2D eigenvalue weighted by Crippen LogP contribution is -2.33. The van der Waals surface area contributed by atoms with Crippen molar-refractivity contribution in [2.75, 3.05) is 17.2 Å². The fraction of sp³-hybridized carbons (Fsp3) is 0.333. The summed E-state index contributed by atoms with van der Waals surface area (Å²) in [6.07, 6.45) is -3.72. The molecule has 4 aromatic heterocycles. The maximum Gasteiger partial charge on any atom is 0.256 e. The summed E-state index contributed by atoms with van der Waals surface area (Å²) in [5.74, 6) is -0.290. The van der Waals surface area contributed by atoms with Crippen LogP contribution in [0.4, 0.5) is 20.4 Å². The first kappa shape index (κ1) is 38.9. The number of aliphatic hydroxyl groups excluding tert-OH is 2. The Morgan fingerprint density at radius 2 is 1.13 bits per heavy atom. The van der Waals surface area contributed by atoms with Crippen LogP contribution in [0.3, 0.4) is 0 Å². The second-order valence-electron chi connectivity index (χ2n) is 12.4. The van der Waals surface area contributed by atoms with Crippen LogP contribution in [-0.2, 0) is 9.47 Å². The van der Waals surface area contributed by atoms with Gasteiger partial charge in [0.15, 0.2) is 58.8 Å². The Kier molecular flexibility index (Phi) is 11.8. The molecule has 0 saturated carbocycles. The summed E-state index contributed by atoms with van der Waals surface area (Å²) in [5.41, 5.74) is 7.60. The van der Waals surface area contributed by atoms with E-state index < -0.39 is 49.2 Å². The number of benzene rings is 2. The van der Waals surface area contributed by atoms with Crippen molar-refractivity contribution in [2.24, 2.45) is 5.73 Å². The molecule has 288 valence electrons. The Balaban J connectivity index is 0.000000184. The summed E-state index contributed by atoms with van der Waals surface area (Å²) >= 11 is 0. The van der Waals surface area contributed by atoms with E-state index in [0.29, 0.717) is 28.7 Å². The number of anilines is 2. The molecule has 0 bridgehead atoms. The van der Waals surface area contributed by atoms with Crippen LogP contribution < -0.4 is 16.4 Å². The van der Waals surface area contributed by atoms with Gasteiger partial charge in [0.25, 0.3) is 11.8 Å². The standard InChI is InChI=1S/C18H18FN5O3.C17H17FN6O3.CH4/c1-2-11-14(25)12(19)18(27-11)24-9-22-13-15(20-8-21-16(13)24)23-17(26)10-6-4-3-5-7-10;18-11-13(25)10(6-19)27-17(11)24-8-22-12-14(20-7-21-15(12)24)23-16(26)9-4-2-1-3-5-9;/h3-9,11-12,14,18,25H,2H2,1H3,(H,20,21,23,26);1-5,7-8,10-11,13,17,25H,6,19H2,(H,20,21,23,26);1H4/t11-,12-,14-,18-;10-,11-,13-,17-;/m11./s1. The van der Waals surface area contributed by atoms with Crippen LogP contribution in [0.2, 0.25) is 0 Å². The predicted molar refractivity (Wildman–Crippen MR) is 195 cm³/mol. The summed E-state index contributed by atoms with van der Waals surface area (Å²) in [6, 6.07) is 17.3. The first-order chi connectivity index (χ1) is 26.2. The molecule has 2 amide bonds. The highest BCUT2D eigenvalue weighted by atomic mass is 19.1. The van der Waals surface area contributed by atoms with Gasteiger partial charge in [0, 0.05) is 17.7 Å². The number of carbonyl (C=O) groups is 2. The number of amides is 2. The maximum atomic E-state index is 14.5. The van der Waals surface area contributed by atoms with Gasteiger partial charge in [-0.2, -0.15) is 0 Å². The van der Waals surface area contributed by atoms with Crippen molar-refractivity contribution in [3.05, 3.63) is 97.1 Å². The summed E-state index contributed by atoms with van der Waals surface area (Å²) in [6.45, 7) is 1.80. The zero-order chi connectivity index (χ0) is 37.9. The van der Waals surface area contributed by atoms with Gasteiger partial charge < -0.3 is 36.1 Å². The Labute approximate surface area is 312 Å². The SMILES string of the molecule is C.CC[C@H]1O[C@@H](n2cnc3c(NC(=O)c4ccccc4)ncnc32)[C@H](F)[C@@H]1O.NC[C@H]1O[C@@H](n2cnc3c(NC(=O)c4ccccc4)ncnc32)[C@H](F)[C@@H]1O. The molecule has 2 aliphatic heterocycles. The number of carbonyl (C=O) groups excluding carboxylic acids is 2. The highest BCUT2D eigenvalue weighted by molar-refractivity contribution is 6.07. The second-order valence-corrected chi connectivity index (χ2v) is 12.4. The number of fused-ring (bicyclic) bond motifs is 2. The first-order valence-corrected chi connectivity index (χ1v) is 16.9. The molecule has 0 spiro atoms. The molecule has 19 heteroatoms. The largest absolute Gasteiger partial charge is 0.387 e. The molecule has 6 N–H and O–H groups in total. The van der Waals surface area contributed by atoms with Crippen molar-refractivity contribution in [3.8, 4) is 0 Å². The van der Waals surface area contributed by atoms with E-state index in [4.69, 9.17) is 15.2 Å². The quantitative estimate of drug-likeness (QED) is 0.150. The minimum absolute atomic E-state index is 0. The Hall–Kier alpha value is -5.86. The van der Waals surface area contributed by atoms with E-state index in [1.165, 1.54) is 34.4 Å². The topological polar surface area (TPSA) is 230 Å². The number of ether oxygens (including phenoxy) is 2. The molecule has 17 nitrogen and oxygen atoms in total. The zero-order valence-corrected chi connectivity index (χ0v) is 28.6. The Morgan fingerprint density at radius 1 is 0.709 bits per heavy atom. The van der Waals surface area contributed by atoms with Crippen molar-refractivity contribution < 1.29 is 38.1 Å². The molecule has 2 saturated heterocycles. The molecule has 6 aromatic rings. The zero-order valence-electron chi connectivity index (χ0n) is 28.6. The van der Waals surface area contributed by atoms with Crippen LogP contribution in [-0.4, -0.2) is 104 Å². The van der Waals surface area contributed by atoms with Gasteiger partial charge in [-0.05, 0) is 30.7 Å². The van der Waals surface area contributed by atoms with E-state index >= 15 is 0 Å². The van der Waals surface area contributed by atoms with Crippen LogP contribution in [0.1, 0.15) is 53.9 Å². The van der Waals surface area contributed by atoms with Crippen molar-refractivity contribution >= 4 is 45.8 Å². The smallest absolute Gasteiger partial charge is 0.256 e. The van der Waals surface area contributed by atoms with Crippen LogP contribution in [0.15, 0.2) is 86.0 Å². The number of hydrogen-bond donors (Lipinski definition) is 5. The van der Waals surface area contributed by atoms with Crippen LogP contribution >= 0.6 is 0 Å². The van der Waals surface area contributed by atoms with Gasteiger partial charge in [-0.15, -0.1) is 0 Å². The van der Waals surface area contributed by atoms with Crippen LogP contribution in [0, 0.1) is 0 Å². The Morgan fingerprint density at radius 3 is 1.51 bits per heavy atom. The monoisotopic (exact) mass is 759 g/mol. The van der Waals surface area contributed by atoms with E-state index in [9.17, 15) is 28.6 Å². The molecule has 2 aromatic carbocycles. The van der Waals surface area contributed by atoms with Gasteiger partial charge in [0.05, 0.1) is 18.8 Å². The Bertz CT molecular complexity index is 2090. The normalized spacial score (nSPS) is 24.5. The highest BCUT2D eigenvalue weighted by Crippen LogP contribution is 2.36. The van der Waals surface area contributed by atoms with E-state index in [1.54, 1.807) is 54.6 Å². The van der Waals surface area contributed by atoms with Crippen molar-refractivity contribution in [3.63, 3.8) is 0 Å². The second kappa shape index (κ2) is 16.7. The number of rotatable bonds is 8. The third-order valence-electron chi connectivity index (χ3n) is 9.02. The van der Waals surface area contributed by atoms with E-state index in [-0.39, 0.29) is 48.6 Å². The van der Waals surface area contributed by atoms with Crippen molar-refractivity contribution in [1.29, 1.82) is 0 Å². The number of nitrogens with zero attached hydrogens (tertiary/aromatic N) is 8. The summed E-state index contributed by atoms with van der Waals surface area (Å²) in [4.78, 5) is 49.5. The third-order valence-corrected chi connectivity index (χ3v) is 9.02.